The number of hydrogen-bond acceptors (Lipinski definition) is 3. The Morgan fingerprint density at radius 3 is 2.33 bits per heavy atom. The number of nitrogens with zero attached hydrogens (tertiary/aromatic N) is 1. The molecule has 0 bridgehead atoms. The SMILES string of the molecule is CC(=O)CCN=C/C=C\N.CC1CCC[C@@H](C)C1. The highest BCUT2D eigenvalue weighted by Gasteiger charge is 2.13. The van der Waals surface area contributed by atoms with Crippen LogP contribution in [0.4, 0.5) is 0 Å². The number of ketones is 1. The Balaban J connectivity index is 0.000000327. The maximum Gasteiger partial charge on any atom is 0.131 e. The molecule has 1 aliphatic rings. The lowest BCUT2D eigenvalue weighted by Gasteiger charge is -2.22. The first-order chi connectivity index (χ1) is 8.56. The maximum atomic E-state index is 10.4. The number of carbonyl (C=O) groups is 1. The van der Waals surface area contributed by atoms with E-state index in [1.165, 1.54) is 31.9 Å². The molecule has 0 aromatic heterocycles. The zero-order valence-electron chi connectivity index (χ0n) is 12.1. The average Bonchev–Trinajstić information content (AvgIpc) is 2.29. The predicted molar refractivity (Wildman–Crippen MR) is 78.8 cm³/mol. The second-order valence-corrected chi connectivity index (χ2v) is 5.27. The zero-order chi connectivity index (χ0) is 13.8. The van der Waals surface area contributed by atoms with Gasteiger partial charge in [-0.1, -0.05) is 33.1 Å². The predicted octanol–water partition coefficient (Wildman–Crippen LogP) is 3.34. The van der Waals surface area contributed by atoms with Crippen molar-refractivity contribution in [1.82, 2.24) is 0 Å². The summed E-state index contributed by atoms with van der Waals surface area (Å²) in [6.07, 6.45) is 11.0. The first-order valence-corrected chi connectivity index (χ1v) is 6.92. The fraction of sp³-hybridized carbons (Fsp3) is 0.733. The van der Waals surface area contributed by atoms with Crippen LogP contribution in [0.25, 0.3) is 0 Å². The minimum atomic E-state index is 0.161. The van der Waals surface area contributed by atoms with Crippen molar-refractivity contribution >= 4 is 12.0 Å². The molecule has 0 spiro atoms. The molecular formula is C15H28N2O. The Morgan fingerprint density at radius 1 is 1.33 bits per heavy atom. The van der Waals surface area contributed by atoms with Gasteiger partial charge in [0.1, 0.15) is 5.78 Å². The second kappa shape index (κ2) is 11.0. The van der Waals surface area contributed by atoms with E-state index >= 15 is 0 Å². The Hall–Kier alpha value is -1.12. The van der Waals surface area contributed by atoms with Crippen molar-refractivity contribution in [2.24, 2.45) is 22.6 Å². The Bertz CT molecular complexity index is 264. The van der Waals surface area contributed by atoms with Gasteiger partial charge in [0.05, 0.1) is 0 Å². The third-order valence-corrected chi connectivity index (χ3v) is 3.09. The monoisotopic (exact) mass is 252 g/mol. The molecule has 0 aliphatic heterocycles. The van der Waals surface area contributed by atoms with E-state index in [4.69, 9.17) is 5.73 Å². The summed E-state index contributed by atoms with van der Waals surface area (Å²) in [5, 5.41) is 0. The van der Waals surface area contributed by atoms with Gasteiger partial charge in [0.15, 0.2) is 0 Å². The summed E-state index contributed by atoms with van der Waals surface area (Å²) in [5.41, 5.74) is 5.03. The lowest BCUT2D eigenvalue weighted by Crippen LogP contribution is -2.09. The molecule has 3 nitrogen and oxygen atoms in total. The van der Waals surface area contributed by atoms with E-state index in [9.17, 15) is 4.79 Å². The Kier molecular flexibility index (Phi) is 10.3. The van der Waals surface area contributed by atoms with Crippen molar-refractivity contribution in [2.75, 3.05) is 6.54 Å². The first kappa shape index (κ1) is 16.9. The second-order valence-electron chi connectivity index (χ2n) is 5.27. The number of carbonyl (C=O) groups excluding carboxylic acids is 1. The molecule has 104 valence electrons. The van der Waals surface area contributed by atoms with Crippen LogP contribution in [0.3, 0.4) is 0 Å². The van der Waals surface area contributed by atoms with Crippen LogP contribution in [0, 0.1) is 11.8 Å². The standard InChI is InChI=1S/C8H16.C7H12N2O/c1-7-4-3-5-8(2)6-7;1-7(10)3-6-9-5-2-4-8/h7-8H,3-6H2,1-2H3;2,4-5H,3,6,8H2,1H3/b;4-2-,9-5?/t7-,8?;/m1./s1. The molecule has 0 amide bonds. The summed E-state index contributed by atoms with van der Waals surface area (Å²) < 4.78 is 0. The van der Waals surface area contributed by atoms with Gasteiger partial charge in [0.2, 0.25) is 0 Å². The fourth-order valence-electron chi connectivity index (χ4n) is 2.14. The molecule has 1 fully saturated rings. The van der Waals surface area contributed by atoms with Crippen LogP contribution >= 0.6 is 0 Å². The third-order valence-electron chi connectivity index (χ3n) is 3.09. The first-order valence-electron chi connectivity index (χ1n) is 6.92. The Morgan fingerprint density at radius 2 is 1.94 bits per heavy atom. The van der Waals surface area contributed by atoms with Crippen molar-refractivity contribution in [3.05, 3.63) is 12.3 Å². The lowest BCUT2D eigenvalue weighted by atomic mass is 9.84. The average molecular weight is 252 g/mol. The summed E-state index contributed by atoms with van der Waals surface area (Å²) in [4.78, 5) is 14.2. The van der Waals surface area contributed by atoms with Gasteiger partial charge in [-0.15, -0.1) is 0 Å². The van der Waals surface area contributed by atoms with Gasteiger partial charge in [-0.05, 0) is 37.5 Å². The third kappa shape index (κ3) is 11.4. The van der Waals surface area contributed by atoms with E-state index in [2.05, 4.69) is 18.8 Å². The van der Waals surface area contributed by atoms with E-state index in [1.54, 1.807) is 19.2 Å². The topological polar surface area (TPSA) is 55.5 Å². The normalized spacial score (nSPS) is 23.9. The van der Waals surface area contributed by atoms with E-state index in [-0.39, 0.29) is 5.78 Å². The number of allylic oxidation sites excluding steroid dienone is 1. The number of nitrogens with two attached hydrogens (primary N) is 1. The smallest absolute Gasteiger partial charge is 0.131 e. The van der Waals surface area contributed by atoms with Crippen molar-refractivity contribution in [3.63, 3.8) is 0 Å². The highest BCUT2D eigenvalue weighted by atomic mass is 16.1. The molecule has 0 aromatic carbocycles. The molecule has 1 unspecified atom stereocenters. The minimum absolute atomic E-state index is 0.161. The number of Topliss-reactive ketones (excluding diaryl/α,β-unsaturated/α-hetero) is 1. The molecule has 1 rings (SSSR count). The highest BCUT2D eigenvalue weighted by Crippen LogP contribution is 2.27. The van der Waals surface area contributed by atoms with Crippen molar-refractivity contribution in [3.8, 4) is 0 Å². The molecule has 3 heteroatoms. The van der Waals surface area contributed by atoms with E-state index in [0.717, 1.165) is 11.8 Å². The molecule has 0 radical (unpaired) electrons. The number of rotatable bonds is 4. The van der Waals surface area contributed by atoms with E-state index in [0.29, 0.717) is 13.0 Å². The van der Waals surface area contributed by atoms with Gasteiger partial charge in [-0.3, -0.25) is 9.79 Å². The zero-order valence-corrected chi connectivity index (χ0v) is 12.1. The van der Waals surface area contributed by atoms with Crippen molar-refractivity contribution < 1.29 is 4.79 Å². The van der Waals surface area contributed by atoms with Crippen LogP contribution < -0.4 is 5.73 Å². The Labute approximate surface area is 112 Å². The molecule has 2 N–H and O–H groups in total. The lowest BCUT2D eigenvalue weighted by molar-refractivity contribution is -0.116. The molecule has 18 heavy (non-hydrogen) atoms. The molecule has 0 saturated heterocycles. The summed E-state index contributed by atoms with van der Waals surface area (Å²) in [5.74, 6) is 2.19. The van der Waals surface area contributed by atoms with Gasteiger partial charge in [0.25, 0.3) is 0 Å². The summed E-state index contributed by atoms with van der Waals surface area (Å²) >= 11 is 0. The largest absolute Gasteiger partial charge is 0.405 e. The van der Waals surface area contributed by atoms with Crippen LogP contribution in [-0.2, 0) is 4.79 Å². The summed E-state index contributed by atoms with van der Waals surface area (Å²) in [7, 11) is 0. The molecular weight excluding hydrogens is 224 g/mol. The summed E-state index contributed by atoms with van der Waals surface area (Å²) in [6, 6.07) is 0. The molecule has 0 heterocycles. The number of aliphatic imine (C=N–C) groups is 1. The highest BCUT2D eigenvalue weighted by molar-refractivity contribution is 5.76. The minimum Gasteiger partial charge on any atom is -0.405 e. The van der Waals surface area contributed by atoms with Crippen molar-refractivity contribution in [2.45, 2.75) is 52.9 Å². The molecule has 2 atom stereocenters. The molecule has 1 saturated carbocycles. The fourth-order valence-corrected chi connectivity index (χ4v) is 2.14. The van der Waals surface area contributed by atoms with Crippen LogP contribution in [-0.4, -0.2) is 18.5 Å². The maximum absolute atomic E-state index is 10.4. The van der Waals surface area contributed by atoms with Gasteiger partial charge in [0, 0.05) is 19.2 Å². The molecule has 1 aliphatic carbocycles. The quantitative estimate of drug-likeness (QED) is 0.780. The van der Waals surface area contributed by atoms with Crippen LogP contribution in [0.1, 0.15) is 52.9 Å². The van der Waals surface area contributed by atoms with Gasteiger partial charge >= 0.3 is 0 Å². The van der Waals surface area contributed by atoms with Gasteiger partial charge in [-0.2, -0.15) is 0 Å². The van der Waals surface area contributed by atoms with Gasteiger partial charge in [-0.25, -0.2) is 0 Å². The molecule has 0 aromatic rings. The van der Waals surface area contributed by atoms with Crippen LogP contribution in [0.5, 0.6) is 0 Å². The van der Waals surface area contributed by atoms with Gasteiger partial charge < -0.3 is 5.73 Å². The van der Waals surface area contributed by atoms with Crippen molar-refractivity contribution in [1.29, 1.82) is 0 Å². The summed E-state index contributed by atoms with van der Waals surface area (Å²) in [6.45, 7) is 6.85. The van der Waals surface area contributed by atoms with E-state index in [1.807, 2.05) is 0 Å². The van der Waals surface area contributed by atoms with Crippen LogP contribution in [0.15, 0.2) is 17.3 Å². The van der Waals surface area contributed by atoms with E-state index < -0.39 is 0 Å². The number of hydrogen-bond donors (Lipinski definition) is 1. The van der Waals surface area contributed by atoms with Crippen LogP contribution in [0.2, 0.25) is 0 Å².